The van der Waals surface area contributed by atoms with Gasteiger partial charge < -0.3 is 4.74 Å². The van der Waals surface area contributed by atoms with Crippen molar-refractivity contribution in [2.75, 3.05) is 12.4 Å². The number of hydrogen-bond donors (Lipinski definition) is 0. The van der Waals surface area contributed by atoms with E-state index in [-0.39, 0.29) is 0 Å². The predicted octanol–water partition coefficient (Wildman–Crippen LogP) is 11.1. The Bertz CT molecular complexity index is 763. The molecule has 208 valence electrons. The second-order valence-electron chi connectivity index (χ2n) is 10.5. The van der Waals surface area contributed by atoms with Crippen molar-refractivity contribution in [2.45, 2.75) is 141 Å². The monoisotopic (exact) mass is 526 g/mol. The molecule has 1 heterocycles. The molecular weight excluding hydrogens is 472 g/mol. The number of ether oxygens (including phenoxy) is 1. The molecule has 3 nitrogen and oxygen atoms in total. The topological polar surface area (TPSA) is 35.0 Å². The van der Waals surface area contributed by atoms with Crippen molar-refractivity contribution >= 4 is 11.8 Å². The molecule has 0 radical (unpaired) electrons. The molecule has 0 aliphatic heterocycles. The van der Waals surface area contributed by atoms with Crippen LogP contribution in [0.25, 0.3) is 11.1 Å². The van der Waals surface area contributed by atoms with Crippen molar-refractivity contribution < 1.29 is 4.74 Å². The Labute approximate surface area is 233 Å². The molecule has 0 saturated heterocycles. The zero-order valence-corrected chi connectivity index (χ0v) is 24.8. The molecule has 1 aromatic carbocycles. The van der Waals surface area contributed by atoms with E-state index in [1.807, 2.05) is 12.4 Å². The van der Waals surface area contributed by atoms with Crippen molar-refractivity contribution in [1.29, 1.82) is 0 Å². The highest BCUT2D eigenvalue weighted by Gasteiger charge is 2.03. The Morgan fingerprint density at radius 1 is 0.541 bits per heavy atom. The number of benzene rings is 1. The minimum atomic E-state index is 0.809. The fourth-order valence-electron chi connectivity index (χ4n) is 4.64. The molecule has 0 bridgehead atoms. The SMILES string of the molecule is CCCCCCCCCCCCOc1ccc(-c2cnc(SCCCCCCCCCCC)nc2)cc1. The predicted molar refractivity (Wildman–Crippen MR) is 163 cm³/mol. The van der Waals surface area contributed by atoms with E-state index in [0.717, 1.165) is 40.8 Å². The smallest absolute Gasteiger partial charge is 0.187 e. The van der Waals surface area contributed by atoms with Crippen molar-refractivity contribution in [3.8, 4) is 16.9 Å². The number of rotatable bonds is 24. The van der Waals surface area contributed by atoms with E-state index in [1.54, 1.807) is 11.8 Å². The lowest BCUT2D eigenvalue weighted by molar-refractivity contribution is 0.304. The summed E-state index contributed by atoms with van der Waals surface area (Å²) in [5.74, 6) is 2.06. The molecule has 0 aliphatic carbocycles. The second kappa shape index (κ2) is 22.4. The first-order valence-electron chi connectivity index (χ1n) is 15.5. The summed E-state index contributed by atoms with van der Waals surface area (Å²) in [7, 11) is 0. The van der Waals surface area contributed by atoms with Crippen molar-refractivity contribution in [3.63, 3.8) is 0 Å². The van der Waals surface area contributed by atoms with Gasteiger partial charge in [0, 0.05) is 23.7 Å². The Hall–Kier alpha value is -1.55. The fraction of sp³-hybridized carbons (Fsp3) is 0.697. The van der Waals surface area contributed by atoms with Crippen LogP contribution in [0.3, 0.4) is 0 Å². The fourth-order valence-corrected chi connectivity index (χ4v) is 5.42. The summed E-state index contributed by atoms with van der Waals surface area (Å²) >= 11 is 1.78. The lowest BCUT2D eigenvalue weighted by Crippen LogP contribution is -1.97. The van der Waals surface area contributed by atoms with Gasteiger partial charge in [0.1, 0.15) is 5.75 Å². The Balaban J connectivity index is 1.52. The summed E-state index contributed by atoms with van der Waals surface area (Å²) in [6, 6.07) is 8.36. The van der Waals surface area contributed by atoms with Gasteiger partial charge in [-0.2, -0.15) is 0 Å². The Morgan fingerprint density at radius 3 is 1.51 bits per heavy atom. The third-order valence-electron chi connectivity index (χ3n) is 7.06. The van der Waals surface area contributed by atoms with Gasteiger partial charge in [0.05, 0.1) is 6.61 Å². The van der Waals surface area contributed by atoms with E-state index < -0.39 is 0 Å². The lowest BCUT2D eigenvalue weighted by atomic mass is 10.1. The number of unbranched alkanes of at least 4 members (excludes halogenated alkanes) is 17. The Kier molecular flexibility index (Phi) is 19.2. The van der Waals surface area contributed by atoms with Crippen LogP contribution in [-0.2, 0) is 0 Å². The van der Waals surface area contributed by atoms with Gasteiger partial charge in [-0.05, 0) is 30.5 Å². The number of hydrogen-bond acceptors (Lipinski definition) is 4. The summed E-state index contributed by atoms with van der Waals surface area (Å²) < 4.78 is 5.95. The number of nitrogens with zero attached hydrogens (tertiary/aromatic N) is 2. The van der Waals surface area contributed by atoms with E-state index in [2.05, 4.69) is 48.1 Å². The van der Waals surface area contributed by atoms with Crippen molar-refractivity contribution in [2.24, 2.45) is 0 Å². The van der Waals surface area contributed by atoms with Gasteiger partial charge in [0.25, 0.3) is 0 Å². The van der Waals surface area contributed by atoms with Gasteiger partial charge >= 0.3 is 0 Å². The second-order valence-corrected chi connectivity index (χ2v) is 11.5. The zero-order chi connectivity index (χ0) is 26.2. The maximum Gasteiger partial charge on any atom is 0.187 e. The molecule has 0 spiro atoms. The first-order valence-corrected chi connectivity index (χ1v) is 16.5. The van der Waals surface area contributed by atoms with Crippen molar-refractivity contribution in [1.82, 2.24) is 9.97 Å². The summed E-state index contributed by atoms with van der Waals surface area (Å²) in [6.45, 7) is 5.37. The van der Waals surface area contributed by atoms with Crippen LogP contribution in [0.15, 0.2) is 41.8 Å². The summed E-state index contributed by atoms with van der Waals surface area (Å²) in [5, 5.41) is 0.889. The highest BCUT2D eigenvalue weighted by atomic mass is 32.2. The van der Waals surface area contributed by atoms with Gasteiger partial charge in [-0.15, -0.1) is 0 Å². The average molecular weight is 527 g/mol. The molecule has 37 heavy (non-hydrogen) atoms. The highest BCUT2D eigenvalue weighted by molar-refractivity contribution is 7.99. The minimum absolute atomic E-state index is 0.809. The van der Waals surface area contributed by atoms with Crippen LogP contribution in [0.5, 0.6) is 5.75 Å². The molecule has 2 rings (SSSR count). The third kappa shape index (κ3) is 16.1. The molecule has 2 aromatic rings. The normalized spacial score (nSPS) is 11.2. The lowest BCUT2D eigenvalue weighted by Gasteiger charge is -2.08. The van der Waals surface area contributed by atoms with Crippen LogP contribution in [0.2, 0.25) is 0 Å². The quantitative estimate of drug-likeness (QED) is 0.0774. The largest absolute Gasteiger partial charge is 0.494 e. The van der Waals surface area contributed by atoms with Gasteiger partial charge in [0.2, 0.25) is 0 Å². The van der Waals surface area contributed by atoms with E-state index in [4.69, 9.17) is 4.74 Å². The van der Waals surface area contributed by atoms with Crippen LogP contribution < -0.4 is 4.74 Å². The van der Waals surface area contributed by atoms with E-state index >= 15 is 0 Å². The standard InChI is InChI=1S/C33H54N2OS/c1-3-5-7-9-11-13-14-16-18-20-26-36-32-24-22-30(23-25-32)31-28-34-33(35-29-31)37-27-21-19-17-15-12-10-8-6-4-2/h22-25,28-29H,3-21,26-27H2,1-2H3. The molecule has 0 aliphatic rings. The molecule has 4 heteroatoms. The van der Waals surface area contributed by atoms with Crippen LogP contribution in [0.1, 0.15) is 136 Å². The first kappa shape index (κ1) is 31.7. The van der Waals surface area contributed by atoms with E-state index in [0.29, 0.717) is 0 Å². The van der Waals surface area contributed by atoms with E-state index in [1.165, 1.54) is 116 Å². The molecule has 0 unspecified atom stereocenters. The van der Waals surface area contributed by atoms with Crippen LogP contribution in [0.4, 0.5) is 0 Å². The average Bonchev–Trinajstić information content (AvgIpc) is 2.93. The van der Waals surface area contributed by atoms with Crippen LogP contribution in [-0.4, -0.2) is 22.3 Å². The maximum absolute atomic E-state index is 5.95. The zero-order valence-electron chi connectivity index (χ0n) is 24.0. The molecule has 0 N–H and O–H groups in total. The molecule has 1 aromatic heterocycles. The number of aromatic nitrogens is 2. The maximum atomic E-state index is 5.95. The molecule has 0 amide bonds. The summed E-state index contributed by atoms with van der Waals surface area (Å²) in [6.07, 6.45) is 29.7. The van der Waals surface area contributed by atoms with Gasteiger partial charge in [-0.25, -0.2) is 9.97 Å². The third-order valence-corrected chi connectivity index (χ3v) is 8.02. The molecular formula is C33H54N2OS. The highest BCUT2D eigenvalue weighted by Crippen LogP contribution is 2.23. The molecule has 0 saturated carbocycles. The van der Waals surface area contributed by atoms with Gasteiger partial charge in [0.15, 0.2) is 5.16 Å². The Morgan fingerprint density at radius 2 is 1.00 bits per heavy atom. The summed E-state index contributed by atoms with van der Waals surface area (Å²) in [5.41, 5.74) is 2.20. The first-order chi connectivity index (χ1) is 18.3. The minimum Gasteiger partial charge on any atom is -0.494 e. The summed E-state index contributed by atoms with van der Waals surface area (Å²) in [4.78, 5) is 9.17. The van der Waals surface area contributed by atoms with Crippen LogP contribution in [0, 0.1) is 0 Å². The molecule has 0 atom stereocenters. The van der Waals surface area contributed by atoms with Gasteiger partial charge in [-0.3, -0.25) is 0 Å². The van der Waals surface area contributed by atoms with Crippen LogP contribution >= 0.6 is 11.8 Å². The molecule has 0 fully saturated rings. The van der Waals surface area contributed by atoms with Crippen molar-refractivity contribution in [3.05, 3.63) is 36.7 Å². The van der Waals surface area contributed by atoms with E-state index in [9.17, 15) is 0 Å². The van der Waals surface area contributed by atoms with Gasteiger partial charge in [-0.1, -0.05) is 147 Å². The number of thioether (sulfide) groups is 1.